The van der Waals surface area contributed by atoms with E-state index < -0.39 is 0 Å². The Hall–Kier alpha value is -0.990. The summed E-state index contributed by atoms with van der Waals surface area (Å²) in [5, 5.41) is 15.0. The third kappa shape index (κ3) is 3.50. The van der Waals surface area contributed by atoms with Crippen molar-refractivity contribution in [2.24, 2.45) is 5.92 Å². The molecule has 0 atom stereocenters. The highest BCUT2D eigenvalue weighted by Gasteiger charge is 2.26. The molecule has 0 radical (unpaired) electrons. The minimum Gasteiger partial charge on any atom is -0.504 e. The highest BCUT2D eigenvalue weighted by Crippen LogP contribution is 2.33. The lowest BCUT2D eigenvalue weighted by Gasteiger charge is -2.15. The molecule has 0 aliphatic rings. The van der Waals surface area contributed by atoms with Crippen molar-refractivity contribution >= 4 is 0 Å². The normalized spacial score (nSPS) is 12.4. The summed E-state index contributed by atoms with van der Waals surface area (Å²) in [5.74, 6) is 0.938. The Labute approximate surface area is 111 Å². The summed E-state index contributed by atoms with van der Waals surface area (Å²) in [7, 11) is 0. The van der Waals surface area contributed by atoms with Crippen molar-refractivity contribution in [2.75, 3.05) is 0 Å². The van der Waals surface area contributed by atoms with Crippen LogP contribution in [0.5, 0.6) is 5.75 Å². The molecule has 0 fully saturated rings. The third-order valence-electron chi connectivity index (χ3n) is 3.07. The molecule has 1 heterocycles. The predicted octanol–water partition coefficient (Wildman–Crippen LogP) is 3.88. The van der Waals surface area contributed by atoms with Crippen molar-refractivity contribution in [2.45, 2.75) is 72.8 Å². The van der Waals surface area contributed by atoms with E-state index in [2.05, 4.69) is 46.6 Å². The van der Waals surface area contributed by atoms with Gasteiger partial charge in [-0.25, -0.2) is 0 Å². The van der Waals surface area contributed by atoms with E-state index in [1.807, 2.05) is 4.68 Å². The highest BCUT2D eigenvalue weighted by molar-refractivity contribution is 5.36. The van der Waals surface area contributed by atoms with E-state index in [0.717, 1.165) is 37.2 Å². The van der Waals surface area contributed by atoms with Crippen LogP contribution >= 0.6 is 0 Å². The predicted molar refractivity (Wildman–Crippen MR) is 76.0 cm³/mol. The SMILES string of the molecule is CCCCn1nc(C(C)(C)C)c(O)c1CC(C)C. The van der Waals surface area contributed by atoms with Crippen LogP contribution in [0.1, 0.15) is 65.8 Å². The van der Waals surface area contributed by atoms with E-state index in [1.54, 1.807) is 0 Å². The van der Waals surface area contributed by atoms with Gasteiger partial charge in [-0.15, -0.1) is 0 Å². The van der Waals surface area contributed by atoms with Crippen molar-refractivity contribution in [1.82, 2.24) is 9.78 Å². The number of aryl methyl sites for hydroxylation is 1. The first-order valence-electron chi connectivity index (χ1n) is 7.06. The van der Waals surface area contributed by atoms with E-state index in [1.165, 1.54) is 0 Å². The minimum atomic E-state index is -0.104. The third-order valence-corrected chi connectivity index (χ3v) is 3.07. The summed E-state index contributed by atoms with van der Waals surface area (Å²) < 4.78 is 2.01. The molecular formula is C15H28N2O. The monoisotopic (exact) mass is 252 g/mol. The van der Waals surface area contributed by atoms with Gasteiger partial charge < -0.3 is 5.11 Å². The van der Waals surface area contributed by atoms with Gasteiger partial charge in [-0.3, -0.25) is 4.68 Å². The van der Waals surface area contributed by atoms with E-state index in [4.69, 9.17) is 0 Å². The van der Waals surface area contributed by atoms with Gasteiger partial charge in [0.2, 0.25) is 0 Å². The van der Waals surface area contributed by atoms with Crippen molar-refractivity contribution in [3.05, 3.63) is 11.4 Å². The largest absolute Gasteiger partial charge is 0.504 e. The molecule has 0 spiro atoms. The molecule has 0 aromatic carbocycles. The van der Waals surface area contributed by atoms with Crippen LogP contribution in [0.2, 0.25) is 0 Å². The van der Waals surface area contributed by atoms with E-state index in [-0.39, 0.29) is 5.41 Å². The summed E-state index contributed by atoms with van der Waals surface area (Å²) in [6.07, 6.45) is 3.14. The second-order valence-electron chi connectivity index (χ2n) is 6.57. The van der Waals surface area contributed by atoms with E-state index in [9.17, 15) is 5.11 Å². The van der Waals surface area contributed by atoms with Crippen LogP contribution in [0.3, 0.4) is 0 Å². The van der Waals surface area contributed by atoms with Gasteiger partial charge in [-0.2, -0.15) is 5.10 Å². The lowest BCUT2D eigenvalue weighted by molar-refractivity contribution is 0.434. The summed E-state index contributed by atoms with van der Waals surface area (Å²) in [5.41, 5.74) is 1.73. The van der Waals surface area contributed by atoms with Gasteiger partial charge in [0.1, 0.15) is 5.69 Å². The van der Waals surface area contributed by atoms with Crippen LogP contribution in [0.25, 0.3) is 0 Å². The van der Waals surface area contributed by atoms with Gasteiger partial charge in [-0.1, -0.05) is 48.0 Å². The summed E-state index contributed by atoms with van der Waals surface area (Å²) in [6.45, 7) is 13.7. The molecule has 0 aliphatic heterocycles. The first-order chi connectivity index (χ1) is 8.27. The second kappa shape index (κ2) is 5.77. The molecule has 0 aliphatic carbocycles. The average molecular weight is 252 g/mol. The van der Waals surface area contributed by atoms with Crippen LogP contribution in [0.4, 0.5) is 0 Å². The Morgan fingerprint density at radius 3 is 2.33 bits per heavy atom. The Kier molecular flexibility index (Phi) is 4.83. The topological polar surface area (TPSA) is 38.0 Å². The van der Waals surface area contributed by atoms with Crippen LogP contribution in [0, 0.1) is 5.92 Å². The fraction of sp³-hybridized carbons (Fsp3) is 0.800. The maximum atomic E-state index is 10.4. The molecule has 0 bridgehead atoms. The molecule has 3 heteroatoms. The van der Waals surface area contributed by atoms with E-state index >= 15 is 0 Å². The van der Waals surface area contributed by atoms with Crippen LogP contribution in [-0.2, 0) is 18.4 Å². The van der Waals surface area contributed by atoms with E-state index in [0.29, 0.717) is 11.7 Å². The lowest BCUT2D eigenvalue weighted by Crippen LogP contribution is -2.13. The first-order valence-corrected chi connectivity index (χ1v) is 7.06. The van der Waals surface area contributed by atoms with Gasteiger partial charge in [0.25, 0.3) is 0 Å². The first kappa shape index (κ1) is 15.1. The minimum absolute atomic E-state index is 0.104. The van der Waals surface area contributed by atoms with Crippen LogP contribution < -0.4 is 0 Å². The fourth-order valence-corrected chi connectivity index (χ4v) is 2.07. The Balaban J connectivity index is 3.14. The summed E-state index contributed by atoms with van der Waals surface area (Å²) >= 11 is 0. The molecule has 104 valence electrons. The summed E-state index contributed by atoms with van der Waals surface area (Å²) in [4.78, 5) is 0. The van der Waals surface area contributed by atoms with Crippen LogP contribution in [0.15, 0.2) is 0 Å². The Morgan fingerprint density at radius 1 is 1.28 bits per heavy atom. The second-order valence-corrected chi connectivity index (χ2v) is 6.57. The number of unbranched alkanes of at least 4 members (excludes halogenated alkanes) is 1. The van der Waals surface area contributed by atoms with Crippen molar-refractivity contribution in [3.63, 3.8) is 0 Å². The number of nitrogens with zero attached hydrogens (tertiary/aromatic N) is 2. The van der Waals surface area contributed by atoms with Crippen molar-refractivity contribution in [1.29, 1.82) is 0 Å². The lowest BCUT2D eigenvalue weighted by atomic mass is 9.91. The smallest absolute Gasteiger partial charge is 0.160 e. The van der Waals surface area contributed by atoms with Gasteiger partial charge in [0.05, 0.1) is 5.69 Å². The molecule has 0 amide bonds. The summed E-state index contributed by atoms with van der Waals surface area (Å²) in [6, 6.07) is 0. The van der Waals surface area contributed by atoms with Crippen molar-refractivity contribution < 1.29 is 5.11 Å². The zero-order valence-electron chi connectivity index (χ0n) is 12.7. The van der Waals surface area contributed by atoms with Crippen LogP contribution in [-0.4, -0.2) is 14.9 Å². The molecule has 1 aromatic rings. The standard InChI is InChI=1S/C15H28N2O/c1-7-8-9-17-12(10-11(2)3)13(18)14(16-17)15(4,5)6/h11,18H,7-10H2,1-6H3. The zero-order valence-corrected chi connectivity index (χ0v) is 12.7. The molecule has 0 saturated carbocycles. The number of aromatic nitrogens is 2. The molecule has 3 nitrogen and oxygen atoms in total. The van der Waals surface area contributed by atoms with Crippen molar-refractivity contribution in [3.8, 4) is 5.75 Å². The maximum Gasteiger partial charge on any atom is 0.160 e. The van der Waals surface area contributed by atoms with Gasteiger partial charge in [0.15, 0.2) is 5.75 Å². The van der Waals surface area contributed by atoms with Gasteiger partial charge >= 0.3 is 0 Å². The Bertz CT molecular complexity index is 386. The zero-order chi connectivity index (χ0) is 13.9. The molecule has 0 unspecified atom stereocenters. The quantitative estimate of drug-likeness (QED) is 0.863. The number of hydrogen-bond acceptors (Lipinski definition) is 2. The van der Waals surface area contributed by atoms with Gasteiger partial charge in [0, 0.05) is 12.0 Å². The van der Waals surface area contributed by atoms with Gasteiger partial charge in [-0.05, 0) is 18.8 Å². The molecular weight excluding hydrogens is 224 g/mol. The molecule has 1 N–H and O–H groups in total. The molecule has 1 aromatic heterocycles. The average Bonchev–Trinajstić information content (AvgIpc) is 2.53. The number of hydrogen-bond donors (Lipinski definition) is 1. The number of rotatable bonds is 5. The highest BCUT2D eigenvalue weighted by atomic mass is 16.3. The maximum absolute atomic E-state index is 10.4. The Morgan fingerprint density at radius 2 is 1.89 bits per heavy atom. The number of aromatic hydroxyl groups is 1. The molecule has 0 saturated heterocycles. The molecule has 18 heavy (non-hydrogen) atoms. The fourth-order valence-electron chi connectivity index (χ4n) is 2.07. The molecule has 1 rings (SSSR count).